The summed E-state index contributed by atoms with van der Waals surface area (Å²) in [6, 6.07) is 9.70. The predicted molar refractivity (Wildman–Crippen MR) is 144 cm³/mol. The second kappa shape index (κ2) is 9.99. The van der Waals surface area contributed by atoms with Crippen molar-refractivity contribution < 1.29 is 14.3 Å². The lowest BCUT2D eigenvalue weighted by molar-refractivity contribution is 0.0526. The molecule has 1 unspecified atom stereocenters. The number of aryl methyl sites for hydroxylation is 1. The van der Waals surface area contributed by atoms with Crippen molar-refractivity contribution in [3.8, 4) is 0 Å². The van der Waals surface area contributed by atoms with Crippen molar-refractivity contribution in [3.05, 3.63) is 79.0 Å². The number of hydrogen-bond donors (Lipinski definition) is 1. The van der Waals surface area contributed by atoms with E-state index in [9.17, 15) is 14.4 Å². The summed E-state index contributed by atoms with van der Waals surface area (Å²) in [5.41, 5.74) is 2.88. The van der Waals surface area contributed by atoms with Crippen molar-refractivity contribution in [1.29, 1.82) is 0 Å². The van der Waals surface area contributed by atoms with E-state index < -0.39 is 5.97 Å². The largest absolute Gasteiger partial charge is 0.462 e. The minimum Gasteiger partial charge on any atom is -0.462 e. The Kier molecular flexibility index (Phi) is 6.77. The van der Waals surface area contributed by atoms with Gasteiger partial charge in [0.15, 0.2) is 0 Å². The molecular formula is C27H27N3O4S2. The van der Waals surface area contributed by atoms with E-state index in [1.165, 1.54) is 29.0 Å². The van der Waals surface area contributed by atoms with E-state index in [2.05, 4.69) is 17.2 Å². The molecule has 0 saturated heterocycles. The van der Waals surface area contributed by atoms with Gasteiger partial charge in [-0.3, -0.25) is 14.2 Å². The zero-order valence-electron chi connectivity index (χ0n) is 20.4. The summed E-state index contributed by atoms with van der Waals surface area (Å²) < 4.78 is 6.88. The Labute approximate surface area is 216 Å². The molecule has 0 saturated carbocycles. The second-order valence-electron chi connectivity index (χ2n) is 9.13. The van der Waals surface area contributed by atoms with Crippen LogP contribution in [0.1, 0.15) is 61.9 Å². The monoisotopic (exact) mass is 521 g/mol. The standard InChI is InChI=1S/C27H27N3O4S2/c1-4-34-27(33)21-18-11-10-15(2)12-19(18)35-25(21)29-23(31)22-16(3)20-24(36-22)28-14-30(26(20)32)13-17-8-6-5-7-9-17/h5-9,14-15H,4,10-13H2,1-3H3,(H,29,31). The Morgan fingerprint density at radius 2 is 2.00 bits per heavy atom. The zero-order valence-corrected chi connectivity index (χ0v) is 22.1. The number of fused-ring (bicyclic) bond motifs is 2. The Morgan fingerprint density at radius 1 is 1.22 bits per heavy atom. The molecule has 1 aliphatic rings. The minimum atomic E-state index is -0.404. The van der Waals surface area contributed by atoms with Crippen LogP contribution in [0.25, 0.3) is 10.2 Å². The molecule has 0 aliphatic heterocycles. The van der Waals surface area contributed by atoms with Crippen molar-refractivity contribution in [2.75, 3.05) is 11.9 Å². The first-order valence-electron chi connectivity index (χ1n) is 12.0. The Bertz CT molecular complexity index is 1520. The number of anilines is 1. The third-order valence-corrected chi connectivity index (χ3v) is 8.91. The fourth-order valence-corrected chi connectivity index (χ4v) is 7.11. The van der Waals surface area contributed by atoms with Crippen molar-refractivity contribution >= 4 is 49.8 Å². The molecule has 186 valence electrons. The summed E-state index contributed by atoms with van der Waals surface area (Å²) >= 11 is 2.64. The van der Waals surface area contributed by atoms with Gasteiger partial charge in [0.05, 0.1) is 35.3 Å². The third kappa shape index (κ3) is 4.49. The summed E-state index contributed by atoms with van der Waals surface area (Å²) in [5.74, 6) is -0.219. The van der Waals surface area contributed by atoms with Crippen LogP contribution in [0.4, 0.5) is 5.00 Å². The molecule has 3 heterocycles. The molecule has 0 bridgehead atoms. The van der Waals surface area contributed by atoms with Crippen LogP contribution in [0.3, 0.4) is 0 Å². The zero-order chi connectivity index (χ0) is 25.4. The van der Waals surface area contributed by atoms with Gasteiger partial charge in [0.1, 0.15) is 9.83 Å². The van der Waals surface area contributed by atoms with Crippen LogP contribution in [0.2, 0.25) is 0 Å². The summed E-state index contributed by atoms with van der Waals surface area (Å²) in [7, 11) is 0. The first-order chi connectivity index (χ1) is 17.4. The van der Waals surface area contributed by atoms with Crippen LogP contribution in [0.5, 0.6) is 0 Å². The van der Waals surface area contributed by atoms with Gasteiger partial charge in [0.2, 0.25) is 0 Å². The van der Waals surface area contributed by atoms with E-state index in [0.29, 0.717) is 43.7 Å². The number of esters is 1. The number of hydrogen-bond acceptors (Lipinski definition) is 7. The topological polar surface area (TPSA) is 90.3 Å². The predicted octanol–water partition coefficient (Wildman–Crippen LogP) is 5.43. The van der Waals surface area contributed by atoms with Gasteiger partial charge < -0.3 is 10.1 Å². The molecule has 1 N–H and O–H groups in total. The maximum Gasteiger partial charge on any atom is 0.341 e. The number of aromatic nitrogens is 2. The molecule has 1 aliphatic carbocycles. The second-order valence-corrected chi connectivity index (χ2v) is 11.2. The molecule has 9 heteroatoms. The third-order valence-electron chi connectivity index (χ3n) is 6.54. The average Bonchev–Trinajstić information content (AvgIpc) is 3.38. The van der Waals surface area contributed by atoms with Gasteiger partial charge in [0.25, 0.3) is 11.5 Å². The molecule has 4 aromatic rings. The van der Waals surface area contributed by atoms with E-state index in [0.717, 1.165) is 35.3 Å². The lowest BCUT2D eigenvalue weighted by Crippen LogP contribution is -2.21. The van der Waals surface area contributed by atoms with Crippen molar-refractivity contribution in [3.63, 3.8) is 0 Å². The van der Waals surface area contributed by atoms with Crippen molar-refractivity contribution in [2.45, 2.75) is 46.6 Å². The van der Waals surface area contributed by atoms with E-state index >= 15 is 0 Å². The quantitative estimate of drug-likeness (QED) is 0.342. The Morgan fingerprint density at radius 3 is 2.75 bits per heavy atom. The molecule has 0 spiro atoms. The van der Waals surface area contributed by atoms with Crippen LogP contribution in [-0.4, -0.2) is 28.0 Å². The first-order valence-corrected chi connectivity index (χ1v) is 13.7. The van der Waals surface area contributed by atoms with E-state index in [1.54, 1.807) is 18.4 Å². The maximum atomic E-state index is 13.4. The van der Waals surface area contributed by atoms with Gasteiger partial charge in [-0.25, -0.2) is 9.78 Å². The number of ether oxygens (including phenoxy) is 1. The van der Waals surface area contributed by atoms with Gasteiger partial charge in [-0.05, 0) is 55.7 Å². The lowest BCUT2D eigenvalue weighted by Gasteiger charge is -2.18. The Hall–Kier alpha value is -3.30. The maximum absolute atomic E-state index is 13.4. The highest BCUT2D eigenvalue weighted by atomic mass is 32.1. The molecule has 1 amide bonds. The van der Waals surface area contributed by atoms with Crippen LogP contribution in [0.15, 0.2) is 41.5 Å². The number of nitrogens with zero attached hydrogens (tertiary/aromatic N) is 2. The molecular weight excluding hydrogens is 494 g/mol. The SMILES string of the molecule is CCOC(=O)c1c(NC(=O)c2sc3ncn(Cc4ccccc4)c(=O)c3c2C)sc2c1CCC(C)C2. The fourth-order valence-electron chi connectivity index (χ4n) is 4.69. The number of benzene rings is 1. The van der Waals surface area contributed by atoms with Crippen molar-refractivity contribution in [2.24, 2.45) is 5.92 Å². The van der Waals surface area contributed by atoms with E-state index in [-0.39, 0.29) is 18.1 Å². The average molecular weight is 522 g/mol. The normalized spacial score (nSPS) is 15.0. The highest BCUT2D eigenvalue weighted by molar-refractivity contribution is 7.21. The molecule has 36 heavy (non-hydrogen) atoms. The van der Waals surface area contributed by atoms with Gasteiger partial charge in [-0.2, -0.15) is 0 Å². The minimum absolute atomic E-state index is 0.176. The Balaban J connectivity index is 1.49. The summed E-state index contributed by atoms with van der Waals surface area (Å²) in [5, 5.41) is 3.94. The summed E-state index contributed by atoms with van der Waals surface area (Å²) in [4.78, 5) is 46.0. The number of carbonyl (C=O) groups is 2. The van der Waals surface area contributed by atoms with Gasteiger partial charge >= 0.3 is 5.97 Å². The number of amides is 1. The van der Waals surface area contributed by atoms with Crippen LogP contribution in [-0.2, 0) is 24.1 Å². The number of rotatable bonds is 6. The molecule has 1 aromatic carbocycles. The van der Waals surface area contributed by atoms with Crippen molar-refractivity contribution in [1.82, 2.24) is 9.55 Å². The van der Waals surface area contributed by atoms with Gasteiger partial charge in [0, 0.05) is 4.88 Å². The number of thiophene rings is 2. The lowest BCUT2D eigenvalue weighted by atomic mass is 9.88. The molecule has 1 atom stereocenters. The number of carbonyl (C=O) groups excluding carboxylic acids is 2. The van der Waals surface area contributed by atoms with Crippen LogP contribution in [0, 0.1) is 12.8 Å². The fraction of sp³-hybridized carbons (Fsp3) is 0.333. The summed E-state index contributed by atoms with van der Waals surface area (Å²) in [6.07, 6.45) is 4.21. The van der Waals surface area contributed by atoms with Gasteiger partial charge in [-0.15, -0.1) is 22.7 Å². The van der Waals surface area contributed by atoms with Gasteiger partial charge in [-0.1, -0.05) is 37.3 Å². The molecule has 3 aromatic heterocycles. The van der Waals surface area contributed by atoms with E-state index in [4.69, 9.17) is 4.74 Å². The smallest absolute Gasteiger partial charge is 0.341 e. The molecule has 0 fully saturated rings. The van der Waals surface area contributed by atoms with Crippen LogP contribution >= 0.6 is 22.7 Å². The molecule has 5 rings (SSSR count). The molecule has 7 nitrogen and oxygen atoms in total. The molecule has 0 radical (unpaired) electrons. The number of nitrogens with one attached hydrogen (secondary N) is 1. The highest BCUT2D eigenvalue weighted by Gasteiger charge is 2.30. The first kappa shape index (κ1) is 24.4. The van der Waals surface area contributed by atoms with E-state index in [1.807, 2.05) is 30.3 Å². The highest BCUT2D eigenvalue weighted by Crippen LogP contribution is 2.40. The summed E-state index contributed by atoms with van der Waals surface area (Å²) in [6.45, 7) is 6.42. The van der Waals surface area contributed by atoms with Crippen LogP contribution < -0.4 is 10.9 Å².